The fraction of sp³-hybridized carbons (Fsp3) is 0.375. The lowest BCUT2D eigenvalue weighted by Gasteiger charge is -2.38. The zero-order valence-electron chi connectivity index (χ0n) is 18.0. The van der Waals surface area contributed by atoms with Gasteiger partial charge in [0.1, 0.15) is 5.00 Å². The lowest BCUT2D eigenvalue weighted by atomic mass is 9.82. The molecule has 1 unspecified atom stereocenters. The molecule has 3 aromatic heterocycles. The highest BCUT2D eigenvalue weighted by molar-refractivity contribution is 7.10. The Bertz CT molecular complexity index is 1310. The van der Waals surface area contributed by atoms with Crippen molar-refractivity contribution in [2.45, 2.75) is 26.2 Å². The first-order valence-corrected chi connectivity index (χ1v) is 11.9. The Labute approximate surface area is 193 Å². The summed E-state index contributed by atoms with van der Waals surface area (Å²) in [7, 11) is 0. The van der Waals surface area contributed by atoms with E-state index in [-0.39, 0.29) is 5.56 Å². The maximum atomic E-state index is 13.8. The van der Waals surface area contributed by atoms with Crippen LogP contribution in [0.4, 0.5) is 18.2 Å². The third kappa shape index (κ3) is 3.58. The highest BCUT2D eigenvalue weighted by Crippen LogP contribution is 2.45. The van der Waals surface area contributed by atoms with Crippen LogP contribution in [0.2, 0.25) is 0 Å². The molecule has 4 heterocycles. The minimum Gasteiger partial charge on any atom is -0.362 e. The molecule has 0 N–H and O–H groups in total. The van der Waals surface area contributed by atoms with Crippen molar-refractivity contribution < 1.29 is 13.2 Å². The van der Waals surface area contributed by atoms with Crippen LogP contribution in [-0.2, 0) is 6.42 Å². The van der Waals surface area contributed by atoms with Crippen LogP contribution in [-0.4, -0.2) is 32.1 Å². The van der Waals surface area contributed by atoms with Gasteiger partial charge in [-0.15, -0.1) is 0 Å². The van der Waals surface area contributed by atoms with Crippen LogP contribution in [0.25, 0.3) is 16.8 Å². The summed E-state index contributed by atoms with van der Waals surface area (Å²) in [6, 6.07) is 7.63. The molecule has 9 heteroatoms. The Morgan fingerprint density at radius 3 is 2.45 bits per heavy atom. The van der Waals surface area contributed by atoms with E-state index < -0.39 is 17.5 Å². The number of rotatable bonds is 4. The van der Waals surface area contributed by atoms with E-state index >= 15 is 0 Å². The van der Waals surface area contributed by atoms with E-state index in [1.165, 1.54) is 17.8 Å². The van der Waals surface area contributed by atoms with Crippen LogP contribution in [0.5, 0.6) is 0 Å². The van der Waals surface area contributed by atoms with Gasteiger partial charge in [0.05, 0.1) is 5.69 Å². The molecule has 2 bridgehead atoms. The number of anilines is 1. The topological polar surface area (TPSA) is 46.3 Å². The molecular formula is C24H22F3N5S. The summed E-state index contributed by atoms with van der Waals surface area (Å²) in [5.41, 5.74) is 2.34. The third-order valence-corrected chi connectivity index (χ3v) is 8.02. The Kier molecular flexibility index (Phi) is 4.90. The number of hydrogen-bond donors (Lipinski definition) is 0. The van der Waals surface area contributed by atoms with Crippen molar-refractivity contribution in [3.05, 3.63) is 65.5 Å². The molecule has 6 rings (SSSR count). The molecule has 170 valence electrons. The molecule has 33 heavy (non-hydrogen) atoms. The summed E-state index contributed by atoms with van der Waals surface area (Å²) in [6.07, 6.45) is 4.96. The fourth-order valence-corrected chi connectivity index (χ4v) is 6.31. The molecule has 4 aromatic rings. The van der Waals surface area contributed by atoms with Gasteiger partial charge in [0.15, 0.2) is 28.9 Å². The number of nitrogens with zero attached hydrogens (tertiary/aromatic N) is 5. The Morgan fingerprint density at radius 1 is 1.06 bits per heavy atom. The minimum atomic E-state index is -1.47. The number of halogens is 3. The van der Waals surface area contributed by atoms with Crippen LogP contribution < -0.4 is 4.90 Å². The van der Waals surface area contributed by atoms with Gasteiger partial charge in [0.2, 0.25) is 0 Å². The highest BCUT2D eigenvalue weighted by atomic mass is 32.1. The zero-order chi connectivity index (χ0) is 22.7. The molecule has 0 radical (unpaired) electrons. The van der Waals surface area contributed by atoms with Crippen molar-refractivity contribution >= 4 is 22.2 Å². The largest absolute Gasteiger partial charge is 0.362 e. The third-order valence-electron chi connectivity index (χ3n) is 7.08. The van der Waals surface area contributed by atoms with Gasteiger partial charge in [-0.2, -0.15) is 9.47 Å². The van der Waals surface area contributed by atoms with E-state index in [1.54, 1.807) is 34.4 Å². The minimum absolute atomic E-state index is 0.240. The number of pyridine rings is 1. The van der Waals surface area contributed by atoms with Gasteiger partial charge in [-0.25, -0.2) is 22.7 Å². The molecule has 1 aliphatic heterocycles. The number of aromatic nitrogens is 4. The van der Waals surface area contributed by atoms with Gasteiger partial charge in [-0.1, -0.05) is 0 Å². The molecule has 0 amide bonds. The molecule has 1 saturated carbocycles. The molecule has 1 saturated heterocycles. The number of piperidine rings is 1. The van der Waals surface area contributed by atoms with Gasteiger partial charge < -0.3 is 4.90 Å². The van der Waals surface area contributed by atoms with Crippen LogP contribution in [0.15, 0.2) is 36.5 Å². The Hall–Kier alpha value is -2.94. The van der Waals surface area contributed by atoms with Crippen molar-refractivity contribution in [2.24, 2.45) is 17.8 Å². The average Bonchev–Trinajstić information content (AvgIpc) is 3.47. The van der Waals surface area contributed by atoms with E-state index in [0.717, 1.165) is 43.2 Å². The van der Waals surface area contributed by atoms with Crippen molar-refractivity contribution in [1.29, 1.82) is 0 Å². The van der Waals surface area contributed by atoms with E-state index in [9.17, 15) is 13.2 Å². The van der Waals surface area contributed by atoms with Gasteiger partial charge in [0, 0.05) is 31.3 Å². The van der Waals surface area contributed by atoms with Gasteiger partial charge in [-0.3, -0.25) is 0 Å². The number of benzene rings is 1. The standard InChI is InChI=1S/C24H22F3N5S/c1-13-7-22(33-30-13)31-11-14-4-5-15(12-31)18(14)10-21-28-24-17(3-2-6-32(24)29-21)16-8-19(25)23(27)20(26)9-16/h2-3,6-9,14-15,18H,4-5,10-12H2,1H3/t14-,15+,18?. The monoisotopic (exact) mass is 469 g/mol. The quantitative estimate of drug-likeness (QED) is 0.382. The van der Waals surface area contributed by atoms with E-state index in [4.69, 9.17) is 4.98 Å². The van der Waals surface area contributed by atoms with E-state index in [0.29, 0.717) is 29.0 Å². The maximum absolute atomic E-state index is 13.8. The fourth-order valence-electron chi connectivity index (χ4n) is 5.53. The van der Waals surface area contributed by atoms with E-state index in [2.05, 4.69) is 20.4 Å². The smallest absolute Gasteiger partial charge is 0.194 e. The van der Waals surface area contributed by atoms with Crippen molar-refractivity contribution in [1.82, 2.24) is 19.0 Å². The summed E-state index contributed by atoms with van der Waals surface area (Å²) >= 11 is 1.57. The summed E-state index contributed by atoms with van der Waals surface area (Å²) < 4.78 is 47.2. The predicted molar refractivity (Wildman–Crippen MR) is 121 cm³/mol. The summed E-state index contributed by atoms with van der Waals surface area (Å²) in [6.45, 7) is 4.07. The first-order valence-electron chi connectivity index (χ1n) is 11.1. The average molecular weight is 470 g/mol. The molecule has 0 spiro atoms. The van der Waals surface area contributed by atoms with Crippen molar-refractivity contribution in [3.63, 3.8) is 0 Å². The lowest BCUT2D eigenvalue weighted by Crippen LogP contribution is -2.42. The molecular weight excluding hydrogens is 447 g/mol. The van der Waals surface area contributed by atoms with Crippen LogP contribution in [0.1, 0.15) is 24.4 Å². The molecule has 1 aliphatic carbocycles. The van der Waals surface area contributed by atoms with Crippen molar-refractivity contribution in [2.75, 3.05) is 18.0 Å². The first-order chi connectivity index (χ1) is 16.0. The zero-order valence-corrected chi connectivity index (χ0v) is 18.8. The number of fused-ring (bicyclic) bond motifs is 3. The first kappa shape index (κ1) is 20.7. The summed E-state index contributed by atoms with van der Waals surface area (Å²) in [5, 5.41) is 5.90. The van der Waals surface area contributed by atoms with Gasteiger partial charge in [-0.05, 0) is 84.9 Å². The molecule has 2 aliphatic rings. The predicted octanol–water partition coefficient (Wildman–Crippen LogP) is 5.28. The second-order valence-electron chi connectivity index (χ2n) is 9.15. The molecule has 3 atom stereocenters. The lowest BCUT2D eigenvalue weighted by molar-refractivity contribution is 0.266. The molecule has 2 fully saturated rings. The molecule has 1 aromatic carbocycles. The number of aryl methyl sites for hydroxylation is 1. The second kappa shape index (κ2) is 7.83. The maximum Gasteiger partial charge on any atom is 0.194 e. The SMILES string of the molecule is Cc1cc(N2C[C@H]3CC[C@@H](C2)C3Cc2nc3c(-c4cc(F)c(F)c(F)c4)cccn3n2)sn1. The normalized spacial score (nSPS) is 22.4. The Morgan fingerprint density at radius 2 is 1.79 bits per heavy atom. The summed E-state index contributed by atoms with van der Waals surface area (Å²) in [4.78, 5) is 7.20. The van der Waals surface area contributed by atoms with Crippen LogP contribution >= 0.6 is 11.5 Å². The second-order valence-corrected chi connectivity index (χ2v) is 9.93. The van der Waals surface area contributed by atoms with Gasteiger partial charge in [0.25, 0.3) is 0 Å². The van der Waals surface area contributed by atoms with Crippen LogP contribution in [0, 0.1) is 42.1 Å². The Balaban J connectivity index is 1.27. The van der Waals surface area contributed by atoms with Gasteiger partial charge >= 0.3 is 0 Å². The molecule has 5 nitrogen and oxygen atoms in total. The highest BCUT2D eigenvalue weighted by Gasteiger charge is 2.42. The van der Waals surface area contributed by atoms with E-state index in [1.807, 2.05) is 6.92 Å². The number of hydrogen-bond acceptors (Lipinski definition) is 5. The van der Waals surface area contributed by atoms with Crippen molar-refractivity contribution in [3.8, 4) is 11.1 Å². The summed E-state index contributed by atoms with van der Waals surface area (Å²) in [5.74, 6) is -1.50. The van der Waals surface area contributed by atoms with Crippen LogP contribution in [0.3, 0.4) is 0 Å².